The Hall–Kier alpha value is -4.15. The molecule has 1 fully saturated rings. The van der Waals surface area contributed by atoms with E-state index in [0.29, 0.717) is 39.1 Å². The van der Waals surface area contributed by atoms with Gasteiger partial charge in [-0.1, -0.05) is 29.3 Å². The van der Waals surface area contributed by atoms with Crippen LogP contribution >= 0.6 is 23.2 Å². The lowest BCUT2D eigenvalue weighted by Gasteiger charge is -2.32. The van der Waals surface area contributed by atoms with Crippen LogP contribution in [0.3, 0.4) is 0 Å². The van der Waals surface area contributed by atoms with E-state index in [2.05, 4.69) is 25.6 Å². The molecule has 2 aromatic carbocycles. The normalized spacial score (nSPS) is 14.2. The van der Waals surface area contributed by atoms with Crippen LogP contribution in [0.25, 0.3) is 22.5 Å². The summed E-state index contributed by atoms with van der Waals surface area (Å²) in [6, 6.07) is 13.2. The van der Waals surface area contributed by atoms with Gasteiger partial charge in [0.05, 0.1) is 15.7 Å². The Bertz CT molecular complexity index is 1740. The fourth-order valence-electron chi connectivity index (χ4n) is 4.86. The number of nitrogens with one attached hydrogen (secondary N) is 2. The molecule has 0 aliphatic carbocycles. The van der Waals surface area contributed by atoms with Crippen LogP contribution in [0, 0.1) is 0 Å². The summed E-state index contributed by atoms with van der Waals surface area (Å²) in [5.41, 5.74) is 2.17. The van der Waals surface area contributed by atoms with Crippen molar-refractivity contribution in [2.45, 2.75) is 25.8 Å². The van der Waals surface area contributed by atoms with Gasteiger partial charge in [0.1, 0.15) is 5.39 Å². The lowest BCUT2D eigenvalue weighted by atomic mass is 10.0. The predicted octanol–water partition coefficient (Wildman–Crippen LogP) is 4.90. The van der Waals surface area contributed by atoms with Crippen molar-refractivity contribution >= 4 is 63.2 Å². The highest BCUT2D eigenvalue weighted by molar-refractivity contribution is 6.37. The molecule has 0 atom stereocenters. The van der Waals surface area contributed by atoms with E-state index in [0.717, 1.165) is 37.3 Å². The maximum atomic E-state index is 13.5. The summed E-state index contributed by atoms with van der Waals surface area (Å²) in [6.45, 7) is 3.16. The number of carbonyl (C=O) groups is 1. The van der Waals surface area contributed by atoms with Crippen LogP contribution in [0.1, 0.15) is 19.8 Å². The van der Waals surface area contributed by atoms with Gasteiger partial charge in [0, 0.05) is 56.0 Å². The Balaban J connectivity index is 1.26. The number of rotatable bonds is 5. The number of fused-ring (bicyclic) bond motifs is 3. The minimum absolute atomic E-state index is 0.129. The molecule has 3 aromatic heterocycles. The largest absolute Gasteiger partial charge is 0.382 e. The van der Waals surface area contributed by atoms with Crippen molar-refractivity contribution in [2.24, 2.45) is 0 Å². The number of para-hydroxylation sites is 1. The lowest BCUT2D eigenvalue weighted by molar-refractivity contribution is -0.129. The first-order valence-corrected chi connectivity index (χ1v) is 13.2. The number of likely N-dealkylation sites (tertiary alicyclic amines) is 1. The van der Waals surface area contributed by atoms with Gasteiger partial charge in [-0.15, -0.1) is 0 Å². The van der Waals surface area contributed by atoms with Gasteiger partial charge in [-0.25, -0.2) is 14.5 Å². The summed E-state index contributed by atoms with van der Waals surface area (Å²) >= 11 is 12.8. The third kappa shape index (κ3) is 4.77. The number of piperidine rings is 1. The van der Waals surface area contributed by atoms with Crippen LogP contribution < -0.4 is 16.2 Å². The number of aromatic nitrogens is 5. The van der Waals surface area contributed by atoms with E-state index < -0.39 is 0 Å². The van der Waals surface area contributed by atoms with Crippen molar-refractivity contribution < 1.29 is 4.79 Å². The molecule has 6 rings (SSSR count). The van der Waals surface area contributed by atoms with E-state index in [4.69, 9.17) is 23.2 Å². The van der Waals surface area contributed by atoms with Crippen molar-refractivity contribution in [1.29, 1.82) is 0 Å². The maximum absolute atomic E-state index is 13.5. The SMILES string of the molecule is CC(=O)N1CCC(Nc2ccc(Nc3ncc4c(=O)n(-c5c(Cl)cccc5Cl)c5nccn5c4n3)cc2)CC1. The summed E-state index contributed by atoms with van der Waals surface area (Å²) in [7, 11) is 0. The molecule has 0 saturated carbocycles. The number of benzene rings is 2. The smallest absolute Gasteiger partial charge is 0.270 e. The van der Waals surface area contributed by atoms with E-state index in [9.17, 15) is 9.59 Å². The highest BCUT2D eigenvalue weighted by Gasteiger charge is 2.21. The summed E-state index contributed by atoms with van der Waals surface area (Å²) in [6.07, 6.45) is 6.61. The second-order valence-corrected chi connectivity index (χ2v) is 10.2. The van der Waals surface area contributed by atoms with Gasteiger partial charge in [0.2, 0.25) is 17.6 Å². The summed E-state index contributed by atoms with van der Waals surface area (Å²) in [5, 5.41) is 7.69. The highest BCUT2D eigenvalue weighted by atomic mass is 35.5. The molecule has 0 spiro atoms. The first-order chi connectivity index (χ1) is 18.9. The van der Waals surface area contributed by atoms with Gasteiger partial charge in [-0.2, -0.15) is 4.98 Å². The maximum Gasteiger partial charge on any atom is 0.270 e. The summed E-state index contributed by atoms with van der Waals surface area (Å²) < 4.78 is 3.08. The fraction of sp³-hybridized carbons (Fsp3) is 0.222. The molecule has 10 nitrogen and oxygen atoms in total. The molecular formula is C27H24Cl2N8O2. The van der Waals surface area contributed by atoms with E-state index >= 15 is 0 Å². The number of hydrogen-bond acceptors (Lipinski definition) is 7. The Morgan fingerprint density at radius 2 is 1.69 bits per heavy atom. The molecule has 5 aromatic rings. The molecule has 4 heterocycles. The number of amides is 1. The number of carbonyl (C=O) groups excluding carboxylic acids is 1. The molecule has 1 amide bonds. The molecule has 0 unspecified atom stereocenters. The zero-order chi connectivity index (χ0) is 27.1. The zero-order valence-electron chi connectivity index (χ0n) is 20.9. The van der Waals surface area contributed by atoms with Crippen LogP contribution in [-0.2, 0) is 4.79 Å². The van der Waals surface area contributed by atoms with Crippen molar-refractivity contribution in [3.05, 3.63) is 81.5 Å². The minimum atomic E-state index is -0.380. The lowest BCUT2D eigenvalue weighted by Crippen LogP contribution is -2.41. The van der Waals surface area contributed by atoms with Gasteiger partial charge in [0.15, 0.2) is 5.65 Å². The monoisotopic (exact) mass is 562 g/mol. The molecular weight excluding hydrogens is 539 g/mol. The predicted molar refractivity (Wildman–Crippen MR) is 153 cm³/mol. The van der Waals surface area contributed by atoms with Crippen LogP contribution in [-0.4, -0.2) is 53.9 Å². The third-order valence-corrected chi connectivity index (χ3v) is 7.47. The Morgan fingerprint density at radius 1 is 1.00 bits per heavy atom. The van der Waals surface area contributed by atoms with Crippen LogP contribution in [0.5, 0.6) is 0 Å². The van der Waals surface area contributed by atoms with Gasteiger partial charge in [-0.3, -0.25) is 14.0 Å². The minimum Gasteiger partial charge on any atom is -0.382 e. The van der Waals surface area contributed by atoms with Gasteiger partial charge in [-0.05, 0) is 49.2 Å². The fourth-order valence-corrected chi connectivity index (χ4v) is 5.43. The second-order valence-electron chi connectivity index (χ2n) is 9.37. The second kappa shape index (κ2) is 10.2. The molecule has 198 valence electrons. The van der Waals surface area contributed by atoms with E-state index in [1.54, 1.807) is 41.9 Å². The van der Waals surface area contributed by atoms with Crippen molar-refractivity contribution in [3.63, 3.8) is 0 Å². The van der Waals surface area contributed by atoms with Crippen molar-refractivity contribution in [1.82, 2.24) is 28.8 Å². The van der Waals surface area contributed by atoms with Crippen molar-refractivity contribution in [2.75, 3.05) is 23.7 Å². The molecule has 1 saturated heterocycles. The number of nitrogens with zero attached hydrogens (tertiary/aromatic N) is 6. The summed E-state index contributed by atoms with van der Waals surface area (Å²) in [5.74, 6) is 0.795. The molecule has 1 aliphatic heterocycles. The number of anilines is 3. The quantitative estimate of drug-likeness (QED) is 0.313. The molecule has 39 heavy (non-hydrogen) atoms. The van der Waals surface area contributed by atoms with Crippen LogP contribution in [0.15, 0.2) is 65.8 Å². The van der Waals surface area contributed by atoms with Crippen LogP contribution in [0.4, 0.5) is 17.3 Å². The van der Waals surface area contributed by atoms with Gasteiger partial charge in [0.25, 0.3) is 5.56 Å². The molecule has 0 radical (unpaired) electrons. The molecule has 1 aliphatic rings. The first kappa shape index (κ1) is 25.1. The zero-order valence-corrected chi connectivity index (χ0v) is 22.4. The Kier molecular flexibility index (Phi) is 6.58. The first-order valence-electron chi connectivity index (χ1n) is 12.5. The Morgan fingerprint density at radius 3 is 2.38 bits per heavy atom. The highest BCUT2D eigenvalue weighted by Crippen LogP contribution is 2.29. The van der Waals surface area contributed by atoms with Gasteiger partial charge >= 0.3 is 0 Å². The number of halogens is 2. The topological polar surface area (TPSA) is 109 Å². The Labute approximate surface area is 233 Å². The number of imidazole rings is 1. The third-order valence-electron chi connectivity index (χ3n) is 6.86. The summed E-state index contributed by atoms with van der Waals surface area (Å²) in [4.78, 5) is 40.3. The average Bonchev–Trinajstić information content (AvgIpc) is 3.42. The molecule has 12 heteroatoms. The van der Waals surface area contributed by atoms with Crippen molar-refractivity contribution in [3.8, 4) is 5.69 Å². The molecule has 0 bridgehead atoms. The number of hydrogen-bond donors (Lipinski definition) is 2. The van der Waals surface area contributed by atoms with E-state index in [1.165, 1.54) is 10.8 Å². The average molecular weight is 563 g/mol. The van der Waals surface area contributed by atoms with Crippen LogP contribution in [0.2, 0.25) is 10.0 Å². The van der Waals surface area contributed by atoms with Gasteiger partial charge < -0.3 is 15.5 Å². The molecule has 2 N–H and O–H groups in total. The van der Waals surface area contributed by atoms with E-state index in [-0.39, 0.29) is 16.9 Å². The standard InChI is InChI=1S/C27H24Cl2N8O2/c1-16(38)35-12-9-19(10-13-35)32-17-5-7-18(8-6-17)33-26-31-15-20-24(34-26)36-14-11-30-27(36)37(25(20)39)23-21(28)3-2-4-22(23)29/h2-8,11,14-15,19,32H,9-10,12-13H2,1H3,(H,31,33,34). The van der Waals surface area contributed by atoms with E-state index in [1.807, 2.05) is 29.2 Å².